The molecule has 33 heavy (non-hydrogen) atoms. The molecule has 0 atom stereocenters. The number of hydrogen-bond acceptors (Lipinski definition) is 5. The van der Waals surface area contributed by atoms with Gasteiger partial charge in [-0.1, -0.05) is 65.8 Å². The van der Waals surface area contributed by atoms with Crippen LogP contribution >= 0.6 is 0 Å². The van der Waals surface area contributed by atoms with E-state index in [4.69, 9.17) is 9.62 Å². The van der Waals surface area contributed by atoms with Gasteiger partial charge < -0.3 is 9.84 Å². The van der Waals surface area contributed by atoms with Gasteiger partial charge in [0.2, 0.25) is 0 Å². The minimum absolute atomic E-state index is 0.222. The van der Waals surface area contributed by atoms with Gasteiger partial charge in [-0.05, 0) is 17.7 Å². The van der Waals surface area contributed by atoms with Crippen LogP contribution in [-0.2, 0) is 13.1 Å². The van der Waals surface area contributed by atoms with Crippen molar-refractivity contribution >= 4 is 5.91 Å². The fourth-order valence-electron chi connectivity index (χ4n) is 3.58. The van der Waals surface area contributed by atoms with Gasteiger partial charge in [0, 0.05) is 47.9 Å². The van der Waals surface area contributed by atoms with E-state index in [-0.39, 0.29) is 11.6 Å². The molecule has 0 radical (unpaired) electrons. The lowest BCUT2D eigenvalue weighted by molar-refractivity contribution is 0.0942. The molecular weight excluding hydrogens is 414 g/mol. The summed E-state index contributed by atoms with van der Waals surface area (Å²) in [4.78, 5) is 16.7. The highest BCUT2D eigenvalue weighted by Gasteiger charge is 2.16. The molecule has 7 nitrogen and oxygen atoms in total. The number of pyridine rings is 1. The van der Waals surface area contributed by atoms with Crippen LogP contribution in [0, 0.1) is 0 Å². The van der Waals surface area contributed by atoms with Gasteiger partial charge in [0.25, 0.3) is 5.91 Å². The maximum atomic E-state index is 12.7. The number of carbonyl (C=O) groups excluding carboxylic acids is 1. The largest absolute Gasteiger partial charge is 0.355 e. The first-order valence-corrected chi connectivity index (χ1v) is 10.6. The number of amides is 1. The summed E-state index contributed by atoms with van der Waals surface area (Å²) in [6, 6.07) is 25.3. The normalized spacial score (nSPS) is 10.8. The minimum atomic E-state index is -0.311. The van der Waals surface area contributed by atoms with Crippen LogP contribution in [0.4, 0.5) is 0 Å². The van der Waals surface area contributed by atoms with Crippen LogP contribution in [0.3, 0.4) is 0 Å². The average Bonchev–Trinajstić information content (AvgIpc) is 3.52. The van der Waals surface area contributed by atoms with Gasteiger partial charge in [-0.25, -0.2) is 0 Å². The molecule has 0 bridgehead atoms. The summed E-state index contributed by atoms with van der Waals surface area (Å²) in [5.74, 6) is 0.206. The number of nitrogens with one attached hydrogen (secondary N) is 1. The van der Waals surface area contributed by atoms with Crippen molar-refractivity contribution in [3.8, 4) is 22.6 Å². The van der Waals surface area contributed by atoms with E-state index in [9.17, 15) is 4.79 Å². The summed E-state index contributed by atoms with van der Waals surface area (Å²) in [6.45, 7) is 0.961. The van der Waals surface area contributed by atoms with Crippen molar-refractivity contribution in [3.05, 3.63) is 114 Å². The first-order valence-electron chi connectivity index (χ1n) is 10.6. The predicted octanol–water partition coefficient (Wildman–Crippen LogP) is 4.58. The maximum Gasteiger partial charge on any atom is 0.273 e. The monoisotopic (exact) mass is 435 g/mol. The van der Waals surface area contributed by atoms with Crippen LogP contribution < -0.4 is 5.32 Å². The second kappa shape index (κ2) is 9.32. The van der Waals surface area contributed by atoms with Gasteiger partial charge >= 0.3 is 0 Å². The molecule has 7 heteroatoms. The van der Waals surface area contributed by atoms with Crippen LogP contribution in [0.2, 0.25) is 0 Å². The third-order valence-electron chi connectivity index (χ3n) is 5.22. The minimum Gasteiger partial charge on any atom is -0.355 e. The Morgan fingerprint density at radius 1 is 0.909 bits per heavy atom. The Morgan fingerprint density at radius 2 is 1.64 bits per heavy atom. The molecule has 0 spiro atoms. The Balaban J connectivity index is 1.35. The Kier molecular flexibility index (Phi) is 5.75. The fourth-order valence-corrected chi connectivity index (χ4v) is 3.58. The zero-order valence-electron chi connectivity index (χ0n) is 17.8. The molecule has 3 aromatic heterocycles. The summed E-state index contributed by atoms with van der Waals surface area (Å²) in [6.07, 6.45) is 5.30. The molecule has 1 amide bonds. The van der Waals surface area contributed by atoms with Crippen LogP contribution in [0.25, 0.3) is 22.6 Å². The molecule has 0 unspecified atom stereocenters. The van der Waals surface area contributed by atoms with E-state index in [0.29, 0.717) is 18.8 Å². The van der Waals surface area contributed by atoms with Gasteiger partial charge in [0.1, 0.15) is 0 Å². The quantitative estimate of drug-likeness (QED) is 0.404. The van der Waals surface area contributed by atoms with Gasteiger partial charge in [-0.3, -0.25) is 14.5 Å². The molecule has 0 saturated heterocycles. The van der Waals surface area contributed by atoms with E-state index >= 15 is 0 Å². The van der Waals surface area contributed by atoms with E-state index in [1.807, 2.05) is 59.4 Å². The van der Waals surface area contributed by atoms with E-state index < -0.39 is 0 Å². The molecule has 5 rings (SSSR count). The molecule has 3 heterocycles. The van der Waals surface area contributed by atoms with Gasteiger partial charge in [0.15, 0.2) is 11.5 Å². The van der Waals surface area contributed by atoms with Crippen molar-refractivity contribution in [2.75, 3.05) is 0 Å². The van der Waals surface area contributed by atoms with E-state index in [2.05, 4.69) is 27.6 Å². The Hall–Kier alpha value is -4.52. The molecule has 5 aromatic rings. The van der Waals surface area contributed by atoms with Crippen molar-refractivity contribution in [2.45, 2.75) is 13.1 Å². The zero-order chi connectivity index (χ0) is 22.5. The third kappa shape index (κ3) is 4.72. The average molecular weight is 435 g/mol. The summed E-state index contributed by atoms with van der Waals surface area (Å²) >= 11 is 0. The number of aromatic nitrogens is 4. The molecule has 0 fully saturated rings. The number of rotatable bonds is 7. The number of benzene rings is 2. The Labute approximate surface area is 190 Å². The van der Waals surface area contributed by atoms with E-state index in [0.717, 1.165) is 27.9 Å². The van der Waals surface area contributed by atoms with Crippen LogP contribution in [-0.4, -0.2) is 25.8 Å². The number of nitrogens with zero attached hydrogens (tertiary/aromatic N) is 4. The number of hydrogen-bond donors (Lipinski definition) is 1. The SMILES string of the molecule is O=C(NCc1cn(Cc2ccccc2)nc1-c1ccccc1)c1cc(-c2ccncc2)on1. The predicted molar refractivity (Wildman–Crippen MR) is 124 cm³/mol. The highest BCUT2D eigenvalue weighted by atomic mass is 16.5. The maximum absolute atomic E-state index is 12.7. The van der Waals surface area contributed by atoms with Crippen LogP contribution in [0.15, 0.2) is 102 Å². The summed E-state index contributed by atoms with van der Waals surface area (Å²) < 4.78 is 7.23. The van der Waals surface area contributed by atoms with E-state index in [1.165, 1.54) is 0 Å². The molecular formula is C26H21N5O2. The third-order valence-corrected chi connectivity index (χ3v) is 5.22. The number of carbonyl (C=O) groups is 1. The lowest BCUT2D eigenvalue weighted by atomic mass is 10.1. The summed E-state index contributed by atoms with van der Waals surface area (Å²) in [5, 5.41) is 11.7. The topological polar surface area (TPSA) is 85.8 Å². The summed E-state index contributed by atoms with van der Waals surface area (Å²) in [5.41, 5.74) is 4.94. The van der Waals surface area contributed by atoms with Crippen molar-refractivity contribution in [1.82, 2.24) is 25.2 Å². The Bertz CT molecular complexity index is 1350. The first-order chi connectivity index (χ1) is 16.3. The van der Waals surface area contributed by atoms with Crippen molar-refractivity contribution in [2.24, 2.45) is 0 Å². The van der Waals surface area contributed by atoms with Gasteiger partial charge in [-0.2, -0.15) is 5.10 Å². The summed E-state index contributed by atoms with van der Waals surface area (Å²) in [7, 11) is 0. The lowest BCUT2D eigenvalue weighted by Crippen LogP contribution is -2.23. The molecule has 162 valence electrons. The smallest absolute Gasteiger partial charge is 0.273 e. The fraction of sp³-hybridized carbons (Fsp3) is 0.0769. The lowest BCUT2D eigenvalue weighted by Gasteiger charge is -2.04. The van der Waals surface area contributed by atoms with Crippen molar-refractivity contribution in [1.29, 1.82) is 0 Å². The second-order valence-corrected chi connectivity index (χ2v) is 7.55. The highest BCUT2D eigenvalue weighted by Crippen LogP contribution is 2.23. The Morgan fingerprint density at radius 3 is 2.39 bits per heavy atom. The molecule has 0 aliphatic heterocycles. The molecule has 2 aromatic carbocycles. The van der Waals surface area contributed by atoms with Crippen molar-refractivity contribution < 1.29 is 9.32 Å². The molecule has 0 saturated carbocycles. The van der Waals surface area contributed by atoms with Crippen LogP contribution in [0.1, 0.15) is 21.6 Å². The van der Waals surface area contributed by atoms with Gasteiger partial charge in [-0.15, -0.1) is 0 Å². The first kappa shape index (κ1) is 20.4. The standard InChI is InChI=1S/C26H21N5O2/c32-26(23-15-24(33-30-23)20-11-13-27-14-12-20)28-16-22-18-31(17-19-7-3-1-4-8-19)29-25(22)21-9-5-2-6-10-21/h1-15,18H,16-17H2,(H,28,32). The highest BCUT2D eigenvalue weighted by molar-refractivity contribution is 5.93. The second-order valence-electron chi connectivity index (χ2n) is 7.55. The molecule has 1 N–H and O–H groups in total. The molecule has 0 aliphatic carbocycles. The van der Waals surface area contributed by atoms with Crippen LogP contribution in [0.5, 0.6) is 0 Å². The molecule has 0 aliphatic rings. The van der Waals surface area contributed by atoms with Crippen molar-refractivity contribution in [3.63, 3.8) is 0 Å². The van der Waals surface area contributed by atoms with Gasteiger partial charge in [0.05, 0.1) is 12.2 Å². The van der Waals surface area contributed by atoms with E-state index in [1.54, 1.807) is 30.6 Å². The zero-order valence-corrected chi connectivity index (χ0v) is 17.8.